The number of carbonyl (C=O) groups is 2. The lowest BCUT2D eigenvalue weighted by Gasteiger charge is -2.31. The van der Waals surface area contributed by atoms with Gasteiger partial charge in [0.2, 0.25) is 0 Å². The van der Waals surface area contributed by atoms with E-state index in [0.29, 0.717) is 18.7 Å². The van der Waals surface area contributed by atoms with Gasteiger partial charge < -0.3 is 15.0 Å². The van der Waals surface area contributed by atoms with Crippen molar-refractivity contribution in [2.24, 2.45) is 0 Å². The zero-order valence-electron chi connectivity index (χ0n) is 17.7. The number of pyridine rings is 1. The summed E-state index contributed by atoms with van der Waals surface area (Å²) in [5.41, 5.74) is 1.05. The lowest BCUT2D eigenvalue weighted by Crippen LogP contribution is -2.42. The topological polar surface area (TPSA) is 71.5 Å². The van der Waals surface area contributed by atoms with E-state index in [9.17, 15) is 9.59 Å². The maximum atomic E-state index is 12.5. The average molecular weight is 398 g/mol. The van der Waals surface area contributed by atoms with E-state index in [0.717, 1.165) is 12.8 Å². The minimum Gasteiger partial charge on any atom is -0.444 e. The first kappa shape index (κ1) is 22.4. The van der Waals surface area contributed by atoms with Crippen molar-refractivity contribution in [1.29, 1.82) is 0 Å². The minimum absolute atomic E-state index is 0.0610. The molecule has 29 heavy (non-hydrogen) atoms. The normalized spacial score (nSPS) is 12.1. The highest BCUT2D eigenvalue weighted by Gasteiger charge is 2.25. The molecule has 1 aromatic heterocycles. The Morgan fingerprint density at radius 1 is 1.07 bits per heavy atom. The lowest BCUT2D eigenvalue weighted by atomic mass is 10.0. The number of aryl methyl sites for hydroxylation is 1. The van der Waals surface area contributed by atoms with Gasteiger partial charge in [0.25, 0.3) is 5.91 Å². The van der Waals surface area contributed by atoms with Gasteiger partial charge in [-0.3, -0.25) is 9.78 Å². The molecule has 1 atom stereocenters. The summed E-state index contributed by atoms with van der Waals surface area (Å²) in [6, 6.07) is 15.3. The van der Waals surface area contributed by atoms with Gasteiger partial charge in [-0.2, -0.15) is 0 Å². The molecule has 0 radical (unpaired) electrons. The molecule has 0 saturated heterocycles. The van der Waals surface area contributed by atoms with Crippen LogP contribution >= 0.6 is 0 Å². The van der Waals surface area contributed by atoms with Crippen LogP contribution in [0.15, 0.2) is 54.7 Å². The molecule has 0 saturated carbocycles. The van der Waals surface area contributed by atoms with Gasteiger partial charge >= 0.3 is 6.09 Å². The van der Waals surface area contributed by atoms with Gasteiger partial charge in [0.15, 0.2) is 0 Å². The number of hydrogen-bond donors (Lipinski definition) is 1. The predicted molar refractivity (Wildman–Crippen MR) is 114 cm³/mol. The van der Waals surface area contributed by atoms with Crippen LogP contribution in [-0.2, 0) is 11.2 Å². The van der Waals surface area contributed by atoms with Gasteiger partial charge in [0, 0.05) is 25.8 Å². The Morgan fingerprint density at radius 3 is 2.38 bits per heavy atom. The number of amides is 2. The number of benzene rings is 1. The molecule has 2 rings (SSSR count). The molecule has 0 aliphatic rings. The molecule has 0 fully saturated rings. The number of nitrogens with zero attached hydrogens (tertiary/aromatic N) is 2. The number of aromatic nitrogens is 1. The third-order valence-corrected chi connectivity index (χ3v) is 4.50. The van der Waals surface area contributed by atoms with Gasteiger partial charge in [-0.25, -0.2) is 4.79 Å². The molecule has 0 bridgehead atoms. The SMILES string of the molecule is CN(C(=O)OC(C)(C)C)C(CCNC(=O)c1ccccn1)CCc1ccccc1. The molecule has 156 valence electrons. The summed E-state index contributed by atoms with van der Waals surface area (Å²) in [6.07, 6.45) is 3.48. The largest absolute Gasteiger partial charge is 0.444 e. The summed E-state index contributed by atoms with van der Waals surface area (Å²) in [5.74, 6) is -0.215. The Morgan fingerprint density at radius 2 is 1.76 bits per heavy atom. The molecule has 1 aromatic carbocycles. The lowest BCUT2D eigenvalue weighted by molar-refractivity contribution is 0.0208. The molecular formula is C23H31N3O3. The maximum Gasteiger partial charge on any atom is 0.410 e. The van der Waals surface area contributed by atoms with Crippen molar-refractivity contribution in [3.63, 3.8) is 0 Å². The molecule has 6 heteroatoms. The molecule has 1 unspecified atom stereocenters. The van der Waals surface area contributed by atoms with E-state index in [1.165, 1.54) is 5.56 Å². The molecule has 0 spiro atoms. The van der Waals surface area contributed by atoms with Gasteiger partial charge in [0.05, 0.1) is 0 Å². The number of rotatable bonds is 8. The molecule has 2 amide bonds. The minimum atomic E-state index is -0.553. The van der Waals surface area contributed by atoms with Crippen LogP contribution in [0.5, 0.6) is 0 Å². The third kappa shape index (κ3) is 7.94. The summed E-state index contributed by atoms with van der Waals surface area (Å²) in [4.78, 5) is 30.5. The first-order valence-electron chi connectivity index (χ1n) is 9.95. The zero-order valence-corrected chi connectivity index (χ0v) is 17.7. The third-order valence-electron chi connectivity index (χ3n) is 4.50. The van der Waals surface area contributed by atoms with Gasteiger partial charge in [-0.1, -0.05) is 36.4 Å². The van der Waals surface area contributed by atoms with E-state index in [-0.39, 0.29) is 18.0 Å². The van der Waals surface area contributed by atoms with Crippen molar-refractivity contribution in [3.05, 3.63) is 66.0 Å². The maximum absolute atomic E-state index is 12.5. The number of hydrogen-bond acceptors (Lipinski definition) is 4. The Bertz CT molecular complexity index is 773. The number of nitrogens with one attached hydrogen (secondary N) is 1. The molecular weight excluding hydrogens is 366 g/mol. The second-order valence-corrected chi connectivity index (χ2v) is 8.03. The van der Waals surface area contributed by atoms with Gasteiger partial charge in [-0.05, 0) is 57.7 Å². The predicted octanol–water partition coefficient (Wildman–Crippen LogP) is 4.07. The second kappa shape index (κ2) is 10.6. The van der Waals surface area contributed by atoms with Crippen LogP contribution in [0.1, 0.15) is 49.7 Å². The Hall–Kier alpha value is -2.89. The summed E-state index contributed by atoms with van der Waals surface area (Å²) in [7, 11) is 1.75. The smallest absolute Gasteiger partial charge is 0.410 e. The molecule has 0 aliphatic heterocycles. The van der Waals surface area contributed by atoms with E-state index in [2.05, 4.69) is 22.4 Å². The first-order chi connectivity index (χ1) is 13.8. The van der Waals surface area contributed by atoms with Crippen LogP contribution < -0.4 is 5.32 Å². The standard InChI is InChI=1S/C23H31N3O3/c1-23(2,3)29-22(28)26(4)19(14-13-18-10-6-5-7-11-18)15-17-25-21(27)20-12-8-9-16-24-20/h5-12,16,19H,13-15,17H2,1-4H3,(H,25,27). The van der Waals surface area contributed by atoms with Crippen LogP contribution in [0, 0.1) is 0 Å². The highest BCUT2D eigenvalue weighted by molar-refractivity contribution is 5.92. The fourth-order valence-corrected chi connectivity index (χ4v) is 2.93. The summed E-state index contributed by atoms with van der Waals surface area (Å²) in [5, 5.41) is 2.89. The van der Waals surface area contributed by atoms with Crippen molar-refractivity contribution in [2.45, 2.75) is 51.7 Å². The Balaban J connectivity index is 1.97. The monoisotopic (exact) mass is 397 g/mol. The quantitative estimate of drug-likeness (QED) is 0.729. The molecule has 2 aromatic rings. The van der Waals surface area contributed by atoms with Gasteiger partial charge in [-0.15, -0.1) is 0 Å². The molecule has 1 N–H and O–H groups in total. The van der Waals surface area contributed by atoms with Crippen LogP contribution in [0.2, 0.25) is 0 Å². The summed E-state index contributed by atoms with van der Waals surface area (Å²) >= 11 is 0. The van der Waals surface area contributed by atoms with Crippen LogP contribution in [0.3, 0.4) is 0 Å². The van der Waals surface area contributed by atoms with Crippen molar-refractivity contribution < 1.29 is 14.3 Å². The Labute approximate surface area is 173 Å². The van der Waals surface area contributed by atoms with Crippen LogP contribution in [0.4, 0.5) is 4.79 Å². The van der Waals surface area contributed by atoms with Crippen LogP contribution in [-0.4, -0.2) is 47.1 Å². The van der Waals surface area contributed by atoms with Crippen molar-refractivity contribution in [1.82, 2.24) is 15.2 Å². The zero-order chi connectivity index (χ0) is 21.3. The molecule has 0 aliphatic carbocycles. The van der Waals surface area contributed by atoms with E-state index < -0.39 is 5.60 Å². The van der Waals surface area contributed by atoms with E-state index >= 15 is 0 Å². The van der Waals surface area contributed by atoms with E-state index in [1.54, 1.807) is 36.3 Å². The average Bonchev–Trinajstić information content (AvgIpc) is 2.70. The van der Waals surface area contributed by atoms with Gasteiger partial charge in [0.1, 0.15) is 11.3 Å². The first-order valence-corrected chi connectivity index (χ1v) is 9.95. The summed E-state index contributed by atoms with van der Waals surface area (Å²) in [6.45, 7) is 6.00. The molecule has 6 nitrogen and oxygen atoms in total. The van der Waals surface area contributed by atoms with Crippen LogP contribution in [0.25, 0.3) is 0 Å². The van der Waals surface area contributed by atoms with Crippen molar-refractivity contribution in [2.75, 3.05) is 13.6 Å². The number of carbonyl (C=O) groups excluding carboxylic acids is 2. The highest BCUT2D eigenvalue weighted by Crippen LogP contribution is 2.16. The van der Waals surface area contributed by atoms with E-state index in [4.69, 9.17) is 4.74 Å². The number of ether oxygens (including phenoxy) is 1. The van der Waals surface area contributed by atoms with Crippen molar-refractivity contribution in [3.8, 4) is 0 Å². The molecule has 1 heterocycles. The fourth-order valence-electron chi connectivity index (χ4n) is 2.93. The van der Waals surface area contributed by atoms with E-state index in [1.807, 2.05) is 39.0 Å². The fraction of sp³-hybridized carbons (Fsp3) is 0.435. The highest BCUT2D eigenvalue weighted by atomic mass is 16.6. The second-order valence-electron chi connectivity index (χ2n) is 8.03. The van der Waals surface area contributed by atoms with Crippen molar-refractivity contribution >= 4 is 12.0 Å². The summed E-state index contributed by atoms with van der Waals surface area (Å²) < 4.78 is 5.52. The Kier molecular flexibility index (Phi) is 8.19.